The Kier molecular flexibility index (Phi) is 4.07. The first-order valence-electron chi connectivity index (χ1n) is 7.39. The molecule has 124 valence electrons. The van der Waals surface area contributed by atoms with Crippen LogP contribution in [0.2, 0.25) is 5.02 Å². The summed E-state index contributed by atoms with van der Waals surface area (Å²) in [6, 6.07) is 13.8. The number of rotatable bonds is 2. The monoisotopic (exact) mass is 371 g/mol. The van der Waals surface area contributed by atoms with E-state index in [4.69, 9.17) is 11.6 Å². The van der Waals surface area contributed by atoms with Crippen LogP contribution < -0.4 is 5.32 Å². The van der Waals surface area contributed by atoms with Crippen LogP contribution >= 0.6 is 11.6 Å². The van der Waals surface area contributed by atoms with Crippen molar-refractivity contribution in [3.63, 3.8) is 0 Å². The van der Waals surface area contributed by atoms with Gasteiger partial charge in [-0.25, -0.2) is 8.60 Å². The quantitative estimate of drug-likeness (QED) is 0.711. The smallest absolute Gasteiger partial charge is 0.176 e. The van der Waals surface area contributed by atoms with Gasteiger partial charge in [-0.1, -0.05) is 23.7 Å². The molecular formula is C18H11ClFN3OS. The van der Waals surface area contributed by atoms with Gasteiger partial charge in [-0.15, -0.1) is 0 Å². The van der Waals surface area contributed by atoms with Gasteiger partial charge in [-0.05, 0) is 42.0 Å². The van der Waals surface area contributed by atoms with Crippen molar-refractivity contribution in [1.82, 2.24) is 4.98 Å². The summed E-state index contributed by atoms with van der Waals surface area (Å²) in [7, 11) is -1.44. The molecule has 0 saturated carbocycles. The minimum atomic E-state index is -1.44. The highest BCUT2D eigenvalue weighted by molar-refractivity contribution is 7.84. The number of nitrogens with one attached hydrogen (secondary N) is 1. The number of halogens is 2. The van der Waals surface area contributed by atoms with E-state index in [1.807, 2.05) is 30.3 Å². The van der Waals surface area contributed by atoms with Crippen molar-refractivity contribution in [2.24, 2.45) is 4.40 Å². The van der Waals surface area contributed by atoms with E-state index in [1.54, 1.807) is 18.3 Å². The Bertz CT molecular complexity index is 1040. The molecule has 4 rings (SSSR count). The standard InChI is InChI=1S/C18H11ClFN3OS/c19-14-8-12(3-5-15(14)20)18-13(2-1-7-21-18)11-4-6-16-17(9-11)25(24)23-10-22-16/h1-10H,(H,22,23). The lowest BCUT2D eigenvalue weighted by Gasteiger charge is -2.14. The second-order valence-corrected chi connectivity index (χ2v) is 6.92. The van der Waals surface area contributed by atoms with E-state index in [9.17, 15) is 8.60 Å². The van der Waals surface area contributed by atoms with Gasteiger partial charge in [0.15, 0.2) is 11.0 Å². The van der Waals surface area contributed by atoms with E-state index in [0.29, 0.717) is 16.2 Å². The molecule has 25 heavy (non-hydrogen) atoms. The molecule has 0 spiro atoms. The highest BCUT2D eigenvalue weighted by Gasteiger charge is 2.16. The van der Waals surface area contributed by atoms with E-state index >= 15 is 0 Å². The number of anilines is 1. The van der Waals surface area contributed by atoms with Crippen LogP contribution in [0.1, 0.15) is 0 Å². The molecule has 1 aliphatic heterocycles. The lowest BCUT2D eigenvalue weighted by Crippen LogP contribution is -2.07. The Morgan fingerprint density at radius 1 is 1.08 bits per heavy atom. The maximum Gasteiger partial charge on any atom is 0.176 e. The summed E-state index contributed by atoms with van der Waals surface area (Å²) >= 11 is 5.91. The third-order valence-electron chi connectivity index (χ3n) is 3.85. The fourth-order valence-corrected chi connectivity index (χ4v) is 3.65. The third kappa shape index (κ3) is 2.94. The van der Waals surface area contributed by atoms with Gasteiger partial charge in [-0.2, -0.15) is 4.40 Å². The zero-order valence-corrected chi connectivity index (χ0v) is 14.3. The van der Waals surface area contributed by atoms with Crippen molar-refractivity contribution < 1.29 is 8.60 Å². The van der Waals surface area contributed by atoms with Crippen LogP contribution in [0.4, 0.5) is 10.1 Å². The highest BCUT2D eigenvalue weighted by Crippen LogP contribution is 2.35. The molecular weight excluding hydrogens is 361 g/mol. The lowest BCUT2D eigenvalue weighted by molar-refractivity contribution is 0.628. The van der Waals surface area contributed by atoms with Crippen molar-refractivity contribution in [2.45, 2.75) is 4.90 Å². The molecule has 3 aromatic rings. The summed E-state index contributed by atoms with van der Waals surface area (Å²) in [5.41, 5.74) is 3.81. The van der Waals surface area contributed by atoms with Gasteiger partial charge < -0.3 is 5.32 Å². The largest absolute Gasteiger partial charge is 0.345 e. The summed E-state index contributed by atoms with van der Waals surface area (Å²) in [6.07, 6.45) is 3.09. The predicted molar refractivity (Wildman–Crippen MR) is 98.6 cm³/mol. The van der Waals surface area contributed by atoms with Gasteiger partial charge in [-0.3, -0.25) is 4.98 Å². The van der Waals surface area contributed by atoms with Crippen LogP contribution in [0.3, 0.4) is 0 Å². The molecule has 0 fully saturated rings. The normalized spacial score (nSPS) is 15.5. The van der Waals surface area contributed by atoms with Crippen LogP contribution in [-0.2, 0) is 11.0 Å². The molecule has 1 atom stereocenters. The molecule has 2 heterocycles. The number of pyridine rings is 1. The summed E-state index contributed by atoms with van der Waals surface area (Å²) in [6.45, 7) is 0. The van der Waals surface area contributed by atoms with E-state index in [1.165, 1.54) is 12.4 Å². The number of fused-ring (bicyclic) bond motifs is 1. The average molecular weight is 372 g/mol. The minimum absolute atomic E-state index is 0.0409. The van der Waals surface area contributed by atoms with E-state index < -0.39 is 16.8 Å². The molecule has 0 radical (unpaired) electrons. The molecule has 7 heteroatoms. The SMILES string of the molecule is O=S1N=CNc2ccc(-c3cccnc3-c3ccc(F)c(Cl)c3)cc21. The van der Waals surface area contributed by atoms with Gasteiger partial charge in [0, 0.05) is 17.3 Å². The number of benzene rings is 2. The Labute approximate surface area is 151 Å². The second kappa shape index (κ2) is 6.38. The number of hydrogen-bond donors (Lipinski definition) is 1. The van der Waals surface area contributed by atoms with E-state index in [2.05, 4.69) is 14.7 Å². The highest BCUT2D eigenvalue weighted by atomic mass is 35.5. The maximum atomic E-state index is 13.5. The fourth-order valence-electron chi connectivity index (χ4n) is 2.67. The number of nitrogens with zero attached hydrogens (tertiary/aromatic N) is 2. The summed E-state index contributed by atoms with van der Waals surface area (Å²) in [4.78, 5) is 5.03. The molecule has 0 aliphatic carbocycles. The van der Waals surface area contributed by atoms with Crippen LogP contribution in [-0.4, -0.2) is 15.5 Å². The molecule has 2 aromatic carbocycles. The van der Waals surface area contributed by atoms with Crippen molar-refractivity contribution >= 4 is 34.6 Å². The van der Waals surface area contributed by atoms with Gasteiger partial charge >= 0.3 is 0 Å². The lowest BCUT2D eigenvalue weighted by atomic mass is 9.99. The Hall–Kier alpha value is -2.57. The molecule has 1 aliphatic rings. The average Bonchev–Trinajstić information content (AvgIpc) is 2.64. The predicted octanol–water partition coefficient (Wildman–Crippen LogP) is 4.68. The van der Waals surface area contributed by atoms with Crippen LogP contribution in [0, 0.1) is 5.82 Å². The molecule has 4 nitrogen and oxygen atoms in total. The molecule has 1 aromatic heterocycles. The van der Waals surface area contributed by atoms with Crippen molar-refractivity contribution in [3.05, 3.63) is 65.6 Å². The van der Waals surface area contributed by atoms with Crippen LogP contribution in [0.15, 0.2) is 64.0 Å². The Morgan fingerprint density at radius 3 is 2.76 bits per heavy atom. The molecule has 1 N–H and O–H groups in total. The summed E-state index contributed by atoms with van der Waals surface area (Å²) in [5.74, 6) is -0.476. The summed E-state index contributed by atoms with van der Waals surface area (Å²) < 4.78 is 29.4. The zero-order chi connectivity index (χ0) is 17.4. The maximum absolute atomic E-state index is 13.5. The van der Waals surface area contributed by atoms with E-state index in [-0.39, 0.29) is 5.02 Å². The number of hydrogen-bond acceptors (Lipinski definition) is 3. The third-order valence-corrected chi connectivity index (χ3v) is 5.15. The Morgan fingerprint density at radius 2 is 1.92 bits per heavy atom. The van der Waals surface area contributed by atoms with Crippen molar-refractivity contribution in [2.75, 3.05) is 5.32 Å². The Balaban J connectivity index is 1.86. The van der Waals surface area contributed by atoms with Gasteiger partial charge in [0.2, 0.25) is 0 Å². The van der Waals surface area contributed by atoms with Gasteiger partial charge in [0.25, 0.3) is 0 Å². The topological polar surface area (TPSA) is 54.4 Å². The molecule has 1 unspecified atom stereocenters. The van der Waals surface area contributed by atoms with Crippen molar-refractivity contribution in [1.29, 1.82) is 0 Å². The van der Waals surface area contributed by atoms with Gasteiger partial charge in [0.05, 0.1) is 21.3 Å². The van der Waals surface area contributed by atoms with Gasteiger partial charge in [0.1, 0.15) is 12.2 Å². The zero-order valence-electron chi connectivity index (χ0n) is 12.7. The van der Waals surface area contributed by atoms with Crippen LogP contribution in [0.5, 0.6) is 0 Å². The van der Waals surface area contributed by atoms with Crippen molar-refractivity contribution in [3.8, 4) is 22.4 Å². The second-order valence-electron chi connectivity index (χ2n) is 5.37. The fraction of sp³-hybridized carbons (Fsp3) is 0. The van der Waals surface area contributed by atoms with E-state index in [0.717, 1.165) is 16.8 Å². The first-order chi connectivity index (χ1) is 12.1. The first-order valence-corrected chi connectivity index (χ1v) is 8.88. The number of aromatic nitrogens is 1. The van der Waals surface area contributed by atoms with Crippen LogP contribution in [0.25, 0.3) is 22.4 Å². The first kappa shape index (κ1) is 15.9. The molecule has 0 bridgehead atoms. The molecule has 0 saturated heterocycles. The minimum Gasteiger partial charge on any atom is -0.345 e. The molecule has 0 amide bonds. The summed E-state index contributed by atoms with van der Waals surface area (Å²) in [5, 5.41) is 3.01.